The maximum Gasteiger partial charge on any atom is 0.0949 e. The normalized spacial score (nSPS) is 13.7. The highest BCUT2D eigenvalue weighted by Crippen LogP contribution is 1.86. The molecule has 72 valence electrons. The number of aliphatic hydroxyl groups excluding tert-OH is 3. The molecule has 0 aromatic rings. The Hall–Kier alpha value is -0.640. The van der Waals surface area contributed by atoms with Crippen LogP contribution < -0.4 is 0 Å². The fraction of sp³-hybridized carbons (Fsp3) is 0.556. The minimum atomic E-state index is -0.745. The molecule has 0 aromatic carbocycles. The molecule has 12 heavy (non-hydrogen) atoms. The molecular formula is C9H18O3. The summed E-state index contributed by atoms with van der Waals surface area (Å²) in [6, 6.07) is 0. The molecule has 0 aromatic heterocycles. The van der Waals surface area contributed by atoms with E-state index in [1.807, 2.05) is 6.92 Å². The predicted molar refractivity (Wildman–Crippen MR) is 49.8 cm³/mol. The lowest BCUT2D eigenvalue weighted by molar-refractivity contribution is 0.131. The summed E-state index contributed by atoms with van der Waals surface area (Å²) in [6.45, 7) is 8.28. The van der Waals surface area contributed by atoms with Gasteiger partial charge in [-0.3, -0.25) is 0 Å². The summed E-state index contributed by atoms with van der Waals surface area (Å²) in [6.07, 6.45) is 2.53. The Bertz CT molecular complexity index is 98.3. The lowest BCUT2D eigenvalue weighted by Crippen LogP contribution is -2.05. The van der Waals surface area contributed by atoms with E-state index in [1.54, 1.807) is 0 Å². The molecular weight excluding hydrogens is 156 g/mol. The van der Waals surface area contributed by atoms with Gasteiger partial charge in [0, 0.05) is 0 Å². The van der Waals surface area contributed by atoms with Crippen LogP contribution in [-0.4, -0.2) is 34.1 Å². The van der Waals surface area contributed by atoms with E-state index in [0.29, 0.717) is 0 Å². The average molecular weight is 174 g/mol. The van der Waals surface area contributed by atoms with Crippen LogP contribution in [0.3, 0.4) is 0 Å². The van der Waals surface area contributed by atoms with Gasteiger partial charge < -0.3 is 15.3 Å². The highest BCUT2D eigenvalue weighted by molar-refractivity contribution is 4.76. The van der Waals surface area contributed by atoms with E-state index in [2.05, 4.69) is 13.2 Å². The van der Waals surface area contributed by atoms with Gasteiger partial charge in [0.05, 0.1) is 18.8 Å². The number of hydrogen-bond acceptors (Lipinski definition) is 3. The van der Waals surface area contributed by atoms with E-state index in [4.69, 9.17) is 15.3 Å². The zero-order valence-corrected chi connectivity index (χ0v) is 7.48. The Labute approximate surface area is 73.7 Å². The minimum Gasteiger partial charge on any atom is -0.393 e. The molecule has 0 amide bonds. The topological polar surface area (TPSA) is 60.7 Å². The number of hydrogen-bond donors (Lipinski definition) is 3. The van der Waals surface area contributed by atoms with Crippen LogP contribution >= 0.6 is 0 Å². The van der Waals surface area contributed by atoms with Crippen molar-refractivity contribution in [3.05, 3.63) is 25.3 Å². The second kappa shape index (κ2) is 10.4. The third-order valence-corrected chi connectivity index (χ3v) is 1.15. The Morgan fingerprint density at radius 1 is 1.17 bits per heavy atom. The minimum absolute atomic E-state index is 0.233. The fourth-order valence-electron chi connectivity index (χ4n) is 0.241. The molecule has 2 atom stereocenters. The van der Waals surface area contributed by atoms with Crippen LogP contribution in [0.4, 0.5) is 0 Å². The van der Waals surface area contributed by atoms with E-state index < -0.39 is 6.10 Å². The summed E-state index contributed by atoms with van der Waals surface area (Å²) in [5, 5.41) is 24.9. The van der Waals surface area contributed by atoms with Gasteiger partial charge in [0.1, 0.15) is 0 Å². The largest absolute Gasteiger partial charge is 0.393 e. The third kappa shape index (κ3) is 12.1. The van der Waals surface area contributed by atoms with Gasteiger partial charge in [0.15, 0.2) is 0 Å². The highest BCUT2D eigenvalue weighted by Gasteiger charge is 1.87. The molecule has 0 rings (SSSR count). The smallest absolute Gasteiger partial charge is 0.0949 e. The van der Waals surface area contributed by atoms with Crippen molar-refractivity contribution in [2.24, 2.45) is 0 Å². The third-order valence-electron chi connectivity index (χ3n) is 1.15. The first-order valence-corrected chi connectivity index (χ1v) is 3.84. The maximum absolute atomic E-state index is 8.55. The van der Waals surface area contributed by atoms with Crippen LogP contribution in [0.5, 0.6) is 0 Å². The molecule has 0 saturated heterocycles. The summed E-state index contributed by atoms with van der Waals surface area (Å²) in [5.74, 6) is 0. The Balaban J connectivity index is 0. The molecule has 0 radical (unpaired) electrons. The van der Waals surface area contributed by atoms with Crippen molar-refractivity contribution in [2.75, 3.05) is 6.61 Å². The monoisotopic (exact) mass is 174 g/mol. The van der Waals surface area contributed by atoms with Crippen LogP contribution in [0.2, 0.25) is 0 Å². The summed E-state index contributed by atoms with van der Waals surface area (Å²) in [4.78, 5) is 0. The van der Waals surface area contributed by atoms with Gasteiger partial charge in [-0.05, 0) is 6.42 Å². The number of aliphatic hydroxyl groups is 3. The van der Waals surface area contributed by atoms with Gasteiger partial charge in [-0.2, -0.15) is 0 Å². The molecule has 0 unspecified atom stereocenters. The fourth-order valence-corrected chi connectivity index (χ4v) is 0.241. The van der Waals surface area contributed by atoms with E-state index in [1.165, 1.54) is 12.2 Å². The van der Waals surface area contributed by atoms with E-state index in [-0.39, 0.29) is 12.7 Å². The summed E-state index contributed by atoms with van der Waals surface area (Å²) in [7, 11) is 0. The SMILES string of the molecule is C=C[C@H](O)CC.C=C[C@H](O)CO. The first kappa shape index (κ1) is 13.9. The van der Waals surface area contributed by atoms with Crippen molar-refractivity contribution < 1.29 is 15.3 Å². The average Bonchev–Trinajstić information content (AvgIpc) is 2.16. The standard InChI is InChI=1S/C5H10O.C4H8O2/c1-3-5(6)4-2;1-2-4(6)3-5/h3,5-6H,1,4H2,2H3;2,4-6H,1,3H2/t5-;4-/m00/s1. The quantitative estimate of drug-likeness (QED) is 0.543. The first-order chi connectivity index (χ1) is 5.62. The summed E-state index contributed by atoms with van der Waals surface area (Å²) >= 11 is 0. The lowest BCUT2D eigenvalue weighted by atomic mass is 10.3. The molecule has 0 heterocycles. The van der Waals surface area contributed by atoms with Crippen molar-refractivity contribution in [1.29, 1.82) is 0 Å². The molecule has 0 aliphatic carbocycles. The van der Waals surface area contributed by atoms with Crippen LogP contribution in [0.15, 0.2) is 25.3 Å². The molecule has 0 fully saturated rings. The molecule has 3 heteroatoms. The second-order valence-corrected chi connectivity index (χ2v) is 2.20. The van der Waals surface area contributed by atoms with Crippen molar-refractivity contribution >= 4 is 0 Å². The Kier molecular flexibility index (Phi) is 12.0. The van der Waals surface area contributed by atoms with Gasteiger partial charge in [-0.25, -0.2) is 0 Å². The molecule has 0 aliphatic rings. The Morgan fingerprint density at radius 2 is 1.58 bits per heavy atom. The van der Waals surface area contributed by atoms with Crippen molar-refractivity contribution in [3.8, 4) is 0 Å². The highest BCUT2D eigenvalue weighted by atomic mass is 16.3. The van der Waals surface area contributed by atoms with E-state index >= 15 is 0 Å². The van der Waals surface area contributed by atoms with E-state index in [0.717, 1.165) is 6.42 Å². The van der Waals surface area contributed by atoms with Crippen molar-refractivity contribution in [1.82, 2.24) is 0 Å². The summed E-state index contributed by atoms with van der Waals surface area (Å²) < 4.78 is 0. The molecule has 3 nitrogen and oxygen atoms in total. The Morgan fingerprint density at radius 3 is 1.58 bits per heavy atom. The summed E-state index contributed by atoms with van der Waals surface area (Å²) in [5.41, 5.74) is 0. The molecule has 0 saturated carbocycles. The van der Waals surface area contributed by atoms with Crippen molar-refractivity contribution in [2.45, 2.75) is 25.6 Å². The van der Waals surface area contributed by atoms with Crippen LogP contribution in [0.1, 0.15) is 13.3 Å². The van der Waals surface area contributed by atoms with Gasteiger partial charge in [0.2, 0.25) is 0 Å². The first-order valence-electron chi connectivity index (χ1n) is 3.84. The zero-order valence-electron chi connectivity index (χ0n) is 7.48. The van der Waals surface area contributed by atoms with Crippen molar-refractivity contribution in [3.63, 3.8) is 0 Å². The maximum atomic E-state index is 8.55. The lowest BCUT2D eigenvalue weighted by Gasteiger charge is -1.93. The van der Waals surface area contributed by atoms with Crippen LogP contribution in [0.25, 0.3) is 0 Å². The van der Waals surface area contributed by atoms with Gasteiger partial charge in [0.25, 0.3) is 0 Å². The number of rotatable bonds is 4. The molecule has 0 spiro atoms. The second-order valence-electron chi connectivity index (χ2n) is 2.20. The van der Waals surface area contributed by atoms with Crippen LogP contribution in [-0.2, 0) is 0 Å². The van der Waals surface area contributed by atoms with Gasteiger partial charge in [-0.1, -0.05) is 19.1 Å². The zero-order chi connectivity index (χ0) is 9.98. The predicted octanol–water partition coefficient (Wildman–Crippen LogP) is 0.469. The molecule has 3 N–H and O–H groups in total. The van der Waals surface area contributed by atoms with Crippen LogP contribution in [0, 0.1) is 0 Å². The molecule has 0 bridgehead atoms. The van der Waals surface area contributed by atoms with E-state index in [9.17, 15) is 0 Å². The molecule has 0 aliphatic heterocycles. The van der Waals surface area contributed by atoms with Gasteiger partial charge in [-0.15, -0.1) is 13.2 Å². The van der Waals surface area contributed by atoms with Gasteiger partial charge >= 0.3 is 0 Å².